The van der Waals surface area contributed by atoms with Gasteiger partial charge < -0.3 is 13.7 Å². The highest BCUT2D eigenvalue weighted by Crippen LogP contribution is 2.46. The number of anilines is 3. The Morgan fingerprint density at radius 2 is 0.956 bits per heavy atom. The van der Waals surface area contributed by atoms with E-state index >= 15 is 0 Å². The number of furan rings is 2. The summed E-state index contributed by atoms with van der Waals surface area (Å²) in [4.78, 5) is 2.28. The van der Waals surface area contributed by atoms with Crippen LogP contribution in [0.1, 0.15) is 0 Å². The summed E-state index contributed by atoms with van der Waals surface area (Å²) in [5, 5.41) is 4.41. The van der Waals surface area contributed by atoms with Crippen molar-refractivity contribution in [2.45, 2.75) is 0 Å². The second kappa shape index (κ2) is 10.3. The minimum absolute atomic E-state index is 0.842. The van der Waals surface area contributed by atoms with Crippen molar-refractivity contribution in [1.29, 1.82) is 0 Å². The Hall–Kier alpha value is -6.06. The van der Waals surface area contributed by atoms with Gasteiger partial charge in [-0.05, 0) is 64.7 Å². The first-order valence-corrected chi connectivity index (χ1v) is 15.2. The molecular weight excluding hydrogens is 550 g/mol. The smallest absolute Gasteiger partial charge is 0.160 e. The van der Waals surface area contributed by atoms with Crippen LogP contribution in [0.4, 0.5) is 17.1 Å². The Morgan fingerprint density at radius 3 is 1.71 bits per heavy atom. The molecule has 45 heavy (non-hydrogen) atoms. The van der Waals surface area contributed by atoms with Gasteiger partial charge in [-0.15, -0.1) is 0 Å². The van der Waals surface area contributed by atoms with Gasteiger partial charge in [0.2, 0.25) is 0 Å². The summed E-state index contributed by atoms with van der Waals surface area (Å²) < 4.78 is 13.1. The standard InChI is InChI=1S/C42H27NO2/c1-3-11-28(12-4-1)29-19-21-31(22-20-29)43(32-23-24-35-34-15-7-9-17-38(34)44-40(35)27-32)37-26-25-33(30-13-5-2-6-14-30)41-36-16-8-10-18-39(36)45-42(37)41/h1-27H. The van der Waals surface area contributed by atoms with Crippen LogP contribution in [0.5, 0.6) is 0 Å². The molecule has 3 heteroatoms. The summed E-state index contributed by atoms with van der Waals surface area (Å²) in [5.41, 5.74) is 11.1. The van der Waals surface area contributed by atoms with Crippen molar-refractivity contribution in [3.8, 4) is 22.3 Å². The Labute approximate surface area is 260 Å². The zero-order chi connectivity index (χ0) is 29.7. The maximum absolute atomic E-state index is 6.73. The van der Waals surface area contributed by atoms with Gasteiger partial charge in [0.1, 0.15) is 16.7 Å². The van der Waals surface area contributed by atoms with E-state index in [4.69, 9.17) is 8.83 Å². The van der Waals surface area contributed by atoms with E-state index in [9.17, 15) is 0 Å². The van der Waals surface area contributed by atoms with Crippen molar-refractivity contribution in [1.82, 2.24) is 0 Å². The van der Waals surface area contributed by atoms with Crippen LogP contribution in [0, 0.1) is 0 Å². The lowest BCUT2D eigenvalue weighted by molar-refractivity contribution is 0.667. The van der Waals surface area contributed by atoms with Gasteiger partial charge in [0.25, 0.3) is 0 Å². The predicted octanol–water partition coefficient (Wildman–Crippen LogP) is 12.3. The molecule has 9 rings (SSSR count). The van der Waals surface area contributed by atoms with E-state index < -0.39 is 0 Å². The third-order valence-corrected chi connectivity index (χ3v) is 8.68. The molecular formula is C42H27NO2. The van der Waals surface area contributed by atoms with Crippen molar-refractivity contribution in [3.05, 3.63) is 164 Å². The van der Waals surface area contributed by atoms with Gasteiger partial charge in [-0.2, -0.15) is 0 Å². The monoisotopic (exact) mass is 577 g/mol. The molecule has 212 valence electrons. The molecule has 0 atom stereocenters. The van der Waals surface area contributed by atoms with Gasteiger partial charge in [0.15, 0.2) is 5.58 Å². The highest BCUT2D eigenvalue weighted by atomic mass is 16.3. The maximum Gasteiger partial charge on any atom is 0.160 e. The van der Waals surface area contributed by atoms with Crippen molar-refractivity contribution in [2.75, 3.05) is 4.90 Å². The average molecular weight is 578 g/mol. The quantitative estimate of drug-likeness (QED) is 0.204. The van der Waals surface area contributed by atoms with Crippen LogP contribution in [0.3, 0.4) is 0 Å². The first-order chi connectivity index (χ1) is 22.3. The Morgan fingerprint density at radius 1 is 0.378 bits per heavy atom. The van der Waals surface area contributed by atoms with Gasteiger partial charge in [-0.3, -0.25) is 0 Å². The lowest BCUT2D eigenvalue weighted by Gasteiger charge is -2.26. The van der Waals surface area contributed by atoms with E-state index in [1.807, 2.05) is 30.3 Å². The van der Waals surface area contributed by atoms with Crippen molar-refractivity contribution in [2.24, 2.45) is 0 Å². The molecule has 0 fully saturated rings. The fourth-order valence-electron chi connectivity index (χ4n) is 6.56. The van der Waals surface area contributed by atoms with Crippen molar-refractivity contribution < 1.29 is 8.83 Å². The van der Waals surface area contributed by atoms with Crippen LogP contribution in [0.25, 0.3) is 66.1 Å². The third-order valence-electron chi connectivity index (χ3n) is 8.68. The zero-order valence-corrected chi connectivity index (χ0v) is 24.4. The van der Waals surface area contributed by atoms with E-state index in [0.29, 0.717) is 0 Å². The molecule has 2 aromatic heterocycles. The Bertz CT molecular complexity index is 2470. The maximum atomic E-state index is 6.73. The first-order valence-electron chi connectivity index (χ1n) is 15.2. The predicted molar refractivity (Wildman–Crippen MR) is 187 cm³/mol. The number of hydrogen-bond acceptors (Lipinski definition) is 3. The fraction of sp³-hybridized carbons (Fsp3) is 0. The average Bonchev–Trinajstić information content (AvgIpc) is 3.68. The number of rotatable bonds is 5. The van der Waals surface area contributed by atoms with E-state index in [0.717, 1.165) is 72.1 Å². The van der Waals surface area contributed by atoms with Gasteiger partial charge in [0.05, 0.1) is 11.4 Å². The van der Waals surface area contributed by atoms with Gasteiger partial charge >= 0.3 is 0 Å². The number of fused-ring (bicyclic) bond motifs is 6. The summed E-state index contributed by atoms with van der Waals surface area (Å²) in [7, 11) is 0. The Balaban J connectivity index is 1.30. The Kier molecular flexibility index (Phi) is 5.82. The minimum Gasteiger partial charge on any atom is -0.456 e. The van der Waals surface area contributed by atoms with Gasteiger partial charge in [-0.25, -0.2) is 0 Å². The molecule has 0 N–H and O–H groups in total. The molecule has 0 aliphatic rings. The molecule has 0 unspecified atom stereocenters. The number of benzene rings is 7. The lowest BCUT2D eigenvalue weighted by atomic mass is 9.98. The topological polar surface area (TPSA) is 29.5 Å². The molecule has 0 aliphatic carbocycles. The molecule has 0 saturated carbocycles. The molecule has 7 aromatic carbocycles. The molecule has 0 saturated heterocycles. The molecule has 0 aliphatic heterocycles. The van der Waals surface area contributed by atoms with Crippen molar-refractivity contribution in [3.63, 3.8) is 0 Å². The zero-order valence-electron chi connectivity index (χ0n) is 24.4. The van der Waals surface area contributed by atoms with Crippen LogP contribution >= 0.6 is 0 Å². The molecule has 0 bridgehead atoms. The molecule has 2 heterocycles. The normalized spacial score (nSPS) is 11.6. The molecule has 0 radical (unpaired) electrons. The summed E-state index contributed by atoms with van der Waals surface area (Å²) in [6, 6.07) is 57.1. The van der Waals surface area contributed by atoms with Crippen molar-refractivity contribution >= 4 is 60.9 Å². The van der Waals surface area contributed by atoms with Gasteiger partial charge in [-0.1, -0.05) is 115 Å². The SMILES string of the molecule is c1ccc(-c2ccc(N(c3ccc4c(c3)oc3ccccc34)c3ccc(-c4ccccc4)c4c3oc3ccccc34)cc2)cc1. The molecule has 0 amide bonds. The molecule has 0 spiro atoms. The first kappa shape index (κ1) is 25.4. The highest BCUT2D eigenvalue weighted by molar-refractivity contribution is 6.17. The third kappa shape index (κ3) is 4.21. The van der Waals surface area contributed by atoms with Crippen LogP contribution < -0.4 is 4.90 Å². The summed E-state index contributed by atoms with van der Waals surface area (Å²) >= 11 is 0. The van der Waals surface area contributed by atoms with E-state index in [1.165, 1.54) is 11.1 Å². The van der Waals surface area contributed by atoms with Crippen LogP contribution in [0.15, 0.2) is 173 Å². The largest absolute Gasteiger partial charge is 0.456 e. The number of nitrogens with zero attached hydrogens (tertiary/aromatic N) is 1. The molecule has 3 nitrogen and oxygen atoms in total. The summed E-state index contributed by atoms with van der Waals surface area (Å²) in [5.74, 6) is 0. The van der Waals surface area contributed by atoms with Gasteiger partial charge in [0, 0.05) is 33.3 Å². The van der Waals surface area contributed by atoms with E-state index in [1.54, 1.807) is 0 Å². The fourth-order valence-corrected chi connectivity index (χ4v) is 6.56. The number of para-hydroxylation sites is 2. The number of hydrogen-bond donors (Lipinski definition) is 0. The summed E-state index contributed by atoms with van der Waals surface area (Å²) in [6.07, 6.45) is 0. The van der Waals surface area contributed by atoms with E-state index in [-0.39, 0.29) is 0 Å². The minimum atomic E-state index is 0.842. The second-order valence-electron chi connectivity index (χ2n) is 11.3. The highest BCUT2D eigenvalue weighted by Gasteiger charge is 2.23. The molecule has 9 aromatic rings. The lowest BCUT2D eigenvalue weighted by Crippen LogP contribution is -2.10. The van der Waals surface area contributed by atoms with Crippen LogP contribution in [-0.4, -0.2) is 0 Å². The second-order valence-corrected chi connectivity index (χ2v) is 11.3. The van der Waals surface area contributed by atoms with E-state index in [2.05, 4.69) is 138 Å². The van der Waals surface area contributed by atoms with Crippen LogP contribution in [0.2, 0.25) is 0 Å². The summed E-state index contributed by atoms with van der Waals surface area (Å²) in [6.45, 7) is 0. The van der Waals surface area contributed by atoms with Crippen LogP contribution in [-0.2, 0) is 0 Å².